The molecule has 0 amide bonds. The van der Waals surface area contributed by atoms with E-state index in [2.05, 4.69) is 20.9 Å². The maximum atomic E-state index is 12.9. The molecule has 0 radical (unpaired) electrons. The van der Waals surface area contributed by atoms with Crippen LogP contribution in [-0.4, -0.2) is 10.2 Å². The van der Waals surface area contributed by atoms with Crippen molar-refractivity contribution in [2.45, 2.75) is 6.43 Å². The van der Waals surface area contributed by atoms with Crippen LogP contribution in [0.3, 0.4) is 0 Å². The van der Waals surface area contributed by atoms with Crippen LogP contribution in [0.5, 0.6) is 0 Å². The molecule has 0 unspecified atom stereocenters. The fraction of sp³-hybridized carbons (Fsp3) is 0.143. The van der Waals surface area contributed by atoms with E-state index in [0.29, 0.717) is 0 Å². The number of carbonyl (C=O) groups excluding carboxylic acids is 1. The van der Waals surface area contributed by atoms with Gasteiger partial charge in [-0.15, -0.1) is 0 Å². The van der Waals surface area contributed by atoms with E-state index in [9.17, 15) is 18.0 Å². The summed E-state index contributed by atoms with van der Waals surface area (Å²) in [5.74, 6) is -1.30. The minimum atomic E-state index is -3.00. The Balaban J connectivity index is 3.50. The maximum Gasteiger partial charge on any atom is 0.265 e. The Labute approximate surface area is 90.2 Å². The van der Waals surface area contributed by atoms with Crippen molar-refractivity contribution in [2.24, 2.45) is 0 Å². The second-order valence-corrected chi connectivity index (χ2v) is 3.46. The third kappa shape index (κ3) is 2.06. The van der Waals surface area contributed by atoms with Gasteiger partial charge in [0.2, 0.25) is 5.95 Å². The quantitative estimate of drug-likeness (QED) is 0.617. The van der Waals surface area contributed by atoms with Crippen LogP contribution in [0.25, 0.3) is 0 Å². The van der Waals surface area contributed by atoms with Crippen molar-refractivity contribution >= 4 is 32.8 Å². The van der Waals surface area contributed by atoms with E-state index < -0.39 is 28.7 Å². The molecule has 1 aromatic rings. The van der Waals surface area contributed by atoms with Crippen LogP contribution in [0.1, 0.15) is 22.3 Å². The van der Waals surface area contributed by atoms with E-state index in [1.165, 1.54) is 0 Å². The Morgan fingerprint density at radius 1 is 1.57 bits per heavy atom. The molecule has 0 aliphatic heterocycles. The molecule has 0 spiro atoms. The van der Waals surface area contributed by atoms with Gasteiger partial charge in [0.25, 0.3) is 11.7 Å². The van der Waals surface area contributed by atoms with Crippen LogP contribution >= 0.6 is 27.5 Å². The van der Waals surface area contributed by atoms with Crippen LogP contribution in [0, 0.1) is 5.95 Å². The van der Waals surface area contributed by atoms with Crippen LogP contribution in [0.15, 0.2) is 10.7 Å². The Morgan fingerprint density at radius 2 is 2.14 bits per heavy atom. The highest BCUT2D eigenvalue weighted by molar-refractivity contribution is 9.10. The molecule has 0 fully saturated rings. The first-order valence-corrected chi connectivity index (χ1v) is 4.44. The number of pyridine rings is 1. The summed E-state index contributed by atoms with van der Waals surface area (Å²) in [6.07, 6.45) is -2.15. The minimum Gasteiger partial charge on any atom is -0.275 e. The van der Waals surface area contributed by atoms with Crippen molar-refractivity contribution in [3.05, 3.63) is 27.7 Å². The van der Waals surface area contributed by atoms with Gasteiger partial charge in [-0.3, -0.25) is 4.79 Å². The number of hydrogen-bond donors (Lipinski definition) is 0. The molecule has 1 heterocycles. The Bertz CT molecular complexity index is 385. The molecular weight excluding hydrogens is 286 g/mol. The summed E-state index contributed by atoms with van der Waals surface area (Å²) in [7, 11) is 0. The minimum absolute atomic E-state index is 0.155. The topological polar surface area (TPSA) is 30.0 Å². The smallest absolute Gasteiger partial charge is 0.265 e. The first-order valence-electron chi connectivity index (χ1n) is 3.27. The number of nitrogens with zero attached hydrogens (tertiary/aromatic N) is 1. The summed E-state index contributed by atoms with van der Waals surface area (Å²) in [4.78, 5) is 13.8. The van der Waals surface area contributed by atoms with Crippen LogP contribution in [0.2, 0.25) is 0 Å². The second kappa shape index (κ2) is 4.27. The van der Waals surface area contributed by atoms with Crippen molar-refractivity contribution in [3.63, 3.8) is 0 Å². The third-order valence-electron chi connectivity index (χ3n) is 1.44. The molecule has 0 saturated carbocycles. The van der Waals surface area contributed by atoms with E-state index in [-0.39, 0.29) is 4.47 Å². The van der Waals surface area contributed by atoms with Gasteiger partial charge in [-0.25, -0.2) is 13.8 Å². The Hall–Kier alpha value is -0.620. The van der Waals surface area contributed by atoms with E-state index in [4.69, 9.17) is 11.6 Å². The van der Waals surface area contributed by atoms with Gasteiger partial charge in [0, 0.05) is 10.7 Å². The van der Waals surface area contributed by atoms with E-state index in [1.54, 1.807) is 0 Å². The number of halogens is 5. The second-order valence-electron chi connectivity index (χ2n) is 2.26. The lowest BCUT2D eigenvalue weighted by atomic mass is 10.1. The lowest BCUT2D eigenvalue weighted by molar-refractivity contribution is 0.105. The molecule has 7 heteroatoms. The molecule has 2 nitrogen and oxygen atoms in total. The lowest BCUT2D eigenvalue weighted by Gasteiger charge is -2.07. The van der Waals surface area contributed by atoms with Crippen molar-refractivity contribution in [2.75, 3.05) is 0 Å². The first kappa shape index (κ1) is 11.5. The maximum absolute atomic E-state index is 12.9. The van der Waals surface area contributed by atoms with Gasteiger partial charge in [0.1, 0.15) is 0 Å². The average Bonchev–Trinajstić information content (AvgIpc) is 2.07. The van der Waals surface area contributed by atoms with Crippen LogP contribution < -0.4 is 0 Å². The Kier molecular flexibility index (Phi) is 3.49. The highest BCUT2D eigenvalue weighted by Crippen LogP contribution is 2.31. The van der Waals surface area contributed by atoms with E-state index in [0.717, 1.165) is 6.20 Å². The summed E-state index contributed by atoms with van der Waals surface area (Å²) < 4.78 is 37.5. The van der Waals surface area contributed by atoms with Gasteiger partial charge in [-0.05, 0) is 27.5 Å². The van der Waals surface area contributed by atoms with Crippen LogP contribution in [0.4, 0.5) is 13.2 Å². The first-order chi connectivity index (χ1) is 6.45. The van der Waals surface area contributed by atoms with Gasteiger partial charge in [-0.1, -0.05) is 0 Å². The largest absolute Gasteiger partial charge is 0.275 e. The summed E-state index contributed by atoms with van der Waals surface area (Å²) in [5.41, 5.74) is -1.67. The Morgan fingerprint density at radius 3 is 2.50 bits per heavy atom. The summed E-state index contributed by atoms with van der Waals surface area (Å²) >= 11 is 7.69. The zero-order chi connectivity index (χ0) is 10.9. The standard InChI is InChI=1S/C7H2BrClF3NO/c8-2-1-13-7(12)4(5(9)14)3(2)6(10)11/h1,6H. The van der Waals surface area contributed by atoms with Gasteiger partial charge < -0.3 is 0 Å². The molecule has 1 rings (SSSR count). The third-order valence-corrected chi connectivity index (χ3v) is 2.26. The summed E-state index contributed by atoms with van der Waals surface area (Å²) in [6, 6.07) is 0. The molecule has 0 N–H and O–H groups in total. The predicted octanol–water partition coefficient (Wildman–Crippen LogP) is 3.30. The van der Waals surface area contributed by atoms with Crippen molar-refractivity contribution in [1.82, 2.24) is 4.98 Å². The highest BCUT2D eigenvalue weighted by Gasteiger charge is 2.25. The van der Waals surface area contributed by atoms with E-state index >= 15 is 0 Å². The van der Waals surface area contributed by atoms with Crippen LogP contribution in [-0.2, 0) is 0 Å². The number of hydrogen-bond acceptors (Lipinski definition) is 2. The normalized spacial score (nSPS) is 10.7. The summed E-state index contributed by atoms with van der Waals surface area (Å²) in [5, 5.41) is -1.30. The van der Waals surface area contributed by atoms with Crippen molar-refractivity contribution in [1.29, 1.82) is 0 Å². The van der Waals surface area contributed by atoms with Gasteiger partial charge in [-0.2, -0.15) is 4.39 Å². The molecule has 0 saturated heterocycles. The van der Waals surface area contributed by atoms with Gasteiger partial charge >= 0.3 is 0 Å². The molecule has 1 aromatic heterocycles. The van der Waals surface area contributed by atoms with Gasteiger partial charge in [0.15, 0.2) is 0 Å². The number of alkyl halides is 2. The number of rotatable bonds is 2. The fourth-order valence-corrected chi connectivity index (χ4v) is 1.53. The molecule has 14 heavy (non-hydrogen) atoms. The SMILES string of the molecule is O=C(Cl)c1c(F)ncc(Br)c1C(F)F. The molecule has 0 bridgehead atoms. The molecule has 0 aliphatic carbocycles. The lowest BCUT2D eigenvalue weighted by Crippen LogP contribution is -2.05. The summed E-state index contributed by atoms with van der Waals surface area (Å²) in [6.45, 7) is 0. The zero-order valence-electron chi connectivity index (χ0n) is 6.40. The molecule has 76 valence electrons. The number of carbonyl (C=O) groups is 1. The predicted molar refractivity (Wildman–Crippen MR) is 47.0 cm³/mol. The fourth-order valence-electron chi connectivity index (χ4n) is 0.878. The highest BCUT2D eigenvalue weighted by atomic mass is 79.9. The molecule has 0 aliphatic rings. The monoisotopic (exact) mass is 287 g/mol. The molecule has 0 aromatic carbocycles. The van der Waals surface area contributed by atoms with E-state index in [1.807, 2.05) is 0 Å². The number of aromatic nitrogens is 1. The average molecular weight is 288 g/mol. The molecule has 0 atom stereocenters. The van der Waals surface area contributed by atoms with Crippen molar-refractivity contribution in [3.8, 4) is 0 Å². The molecular formula is C7H2BrClF3NO. The van der Waals surface area contributed by atoms with Gasteiger partial charge in [0.05, 0.1) is 11.1 Å². The zero-order valence-corrected chi connectivity index (χ0v) is 8.74. The van der Waals surface area contributed by atoms with Crippen molar-refractivity contribution < 1.29 is 18.0 Å².